The van der Waals surface area contributed by atoms with E-state index in [2.05, 4.69) is 33.7 Å². The van der Waals surface area contributed by atoms with Crippen LogP contribution in [0.2, 0.25) is 0 Å². The van der Waals surface area contributed by atoms with Crippen LogP contribution in [0, 0.1) is 5.92 Å². The van der Waals surface area contributed by atoms with Gasteiger partial charge in [-0.2, -0.15) is 0 Å². The molecule has 2 fully saturated rings. The van der Waals surface area contributed by atoms with E-state index in [4.69, 9.17) is 4.98 Å². The van der Waals surface area contributed by atoms with E-state index >= 15 is 0 Å². The lowest BCUT2D eigenvalue weighted by atomic mass is 9.89. The third-order valence-corrected chi connectivity index (χ3v) is 6.02. The average molecular weight is 339 g/mol. The number of carbonyl (C=O) groups excluding carboxylic acids is 1. The van der Waals surface area contributed by atoms with E-state index in [9.17, 15) is 4.79 Å². The number of likely N-dealkylation sites (tertiary alicyclic amines) is 1. The minimum absolute atomic E-state index is 0.156. The average Bonchev–Trinajstić information content (AvgIpc) is 3.27. The zero-order valence-electron chi connectivity index (χ0n) is 15.3. The van der Waals surface area contributed by atoms with Crippen molar-refractivity contribution in [2.24, 2.45) is 5.92 Å². The van der Waals surface area contributed by atoms with Crippen molar-refractivity contribution in [3.05, 3.63) is 30.1 Å². The molecule has 4 nitrogen and oxygen atoms in total. The maximum absolute atomic E-state index is 12.4. The lowest BCUT2D eigenvalue weighted by molar-refractivity contribution is -0.131. The Bertz CT molecular complexity index is 745. The van der Waals surface area contributed by atoms with E-state index in [1.165, 1.54) is 37.6 Å². The monoisotopic (exact) mass is 339 g/mol. The van der Waals surface area contributed by atoms with E-state index in [0.717, 1.165) is 43.2 Å². The van der Waals surface area contributed by atoms with E-state index in [0.29, 0.717) is 6.42 Å². The summed E-state index contributed by atoms with van der Waals surface area (Å²) in [4.78, 5) is 19.5. The van der Waals surface area contributed by atoms with Crippen LogP contribution in [0.15, 0.2) is 24.3 Å². The molecule has 1 saturated carbocycles. The molecule has 2 aromatic rings. The fraction of sp³-hybridized carbons (Fsp3) is 0.619. The number of para-hydroxylation sites is 2. The summed E-state index contributed by atoms with van der Waals surface area (Å²) in [6.45, 7) is 3.90. The third-order valence-electron chi connectivity index (χ3n) is 6.02. The standard InChI is InChI=1S/C21H29N3O/c1-2-20(25)23-14-8-13-19(23)21-22-17-11-6-7-12-18(17)24(21)15-16-9-4-3-5-10-16/h6-7,11-12,16,19H,2-5,8-10,13-15H2,1H3/t19-/m0/s1. The van der Waals surface area contributed by atoms with Crippen molar-refractivity contribution in [3.63, 3.8) is 0 Å². The van der Waals surface area contributed by atoms with Crippen LogP contribution in [0.4, 0.5) is 0 Å². The van der Waals surface area contributed by atoms with Crippen LogP contribution >= 0.6 is 0 Å². The Morgan fingerprint density at radius 3 is 2.72 bits per heavy atom. The quantitative estimate of drug-likeness (QED) is 0.810. The minimum Gasteiger partial charge on any atom is -0.333 e. The van der Waals surface area contributed by atoms with Gasteiger partial charge in [-0.1, -0.05) is 38.3 Å². The largest absolute Gasteiger partial charge is 0.333 e. The van der Waals surface area contributed by atoms with Crippen LogP contribution in [-0.2, 0) is 11.3 Å². The maximum atomic E-state index is 12.4. The number of carbonyl (C=O) groups is 1. The molecule has 1 amide bonds. The minimum atomic E-state index is 0.156. The molecular formula is C21H29N3O. The van der Waals surface area contributed by atoms with Gasteiger partial charge in [-0.05, 0) is 43.7 Å². The van der Waals surface area contributed by atoms with Crippen LogP contribution in [0.5, 0.6) is 0 Å². The Balaban J connectivity index is 1.72. The molecule has 1 aromatic carbocycles. The number of hydrogen-bond acceptors (Lipinski definition) is 2. The molecule has 0 radical (unpaired) electrons. The Morgan fingerprint density at radius 2 is 1.92 bits per heavy atom. The first-order chi connectivity index (χ1) is 12.3. The first kappa shape index (κ1) is 16.6. The second-order valence-electron chi connectivity index (χ2n) is 7.67. The van der Waals surface area contributed by atoms with E-state index < -0.39 is 0 Å². The number of hydrogen-bond donors (Lipinski definition) is 0. The summed E-state index contributed by atoms with van der Waals surface area (Å²) in [6, 6.07) is 8.62. The summed E-state index contributed by atoms with van der Waals surface area (Å²) < 4.78 is 2.44. The molecule has 2 aliphatic rings. The highest BCUT2D eigenvalue weighted by Crippen LogP contribution is 2.35. The molecule has 1 aliphatic carbocycles. The Morgan fingerprint density at radius 1 is 1.12 bits per heavy atom. The summed E-state index contributed by atoms with van der Waals surface area (Å²) in [5.41, 5.74) is 2.31. The first-order valence-corrected chi connectivity index (χ1v) is 10.0. The molecule has 1 saturated heterocycles. The Hall–Kier alpha value is -1.84. The van der Waals surface area contributed by atoms with Gasteiger partial charge in [0.05, 0.1) is 17.1 Å². The van der Waals surface area contributed by atoms with E-state index in [-0.39, 0.29) is 11.9 Å². The van der Waals surface area contributed by atoms with Crippen molar-refractivity contribution >= 4 is 16.9 Å². The first-order valence-electron chi connectivity index (χ1n) is 10.0. The van der Waals surface area contributed by atoms with Crippen molar-refractivity contribution in [1.82, 2.24) is 14.5 Å². The van der Waals surface area contributed by atoms with Gasteiger partial charge in [0.1, 0.15) is 5.82 Å². The number of benzene rings is 1. The predicted octanol–water partition coefficient (Wildman–Crippen LogP) is 4.69. The fourth-order valence-electron chi connectivity index (χ4n) is 4.71. The second-order valence-corrected chi connectivity index (χ2v) is 7.67. The summed E-state index contributed by atoms with van der Waals surface area (Å²) in [5.74, 6) is 2.13. The normalized spacial score (nSPS) is 22.0. The van der Waals surface area contributed by atoms with Crippen molar-refractivity contribution in [3.8, 4) is 0 Å². The summed E-state index contributed by atoms with van der Waals surface area (Å²) in [7, 11) is 0. The molecule has 0 N–H and O–H groups in total. The predicted molar refractivity (Wildman–Crippen MR) is 100 cm³/mol. The van der Waals surface area contributed by atoms with Gasteiger partial charge in [0.25, 0.3) is 0 Å². The van der Waals surface area contributed by atoms with Gasteiger partial charge in [0.2, 0.25) is 5.91 Å². The van der Waals surface area contributed by atoms with Crippen LogP contribution in [-0.4, -0.2) is 26.9 Å². The van der Waals surface area contributed by atoms with Gasteiger partial charge in [-0.3, -0.25) is 4.79 Å². The van der Waals surface area contributed by atoms with E-state index in [1.54, 1.807) is 0 Å². The number of amides is 1. The molecule has 2 heterocycles. The van der Waals surface area contributed by atoms with Gasteiger partial charge in [-0.15, -0.1) is 0 Å². The molecule has 25 heavy (non-hydrogen) atoms. The molecular weight excluding hydrogens is 310 g/mol. The summed E-state index contributed by atoms with van der Waals surface area (Å²) in [6.07, 6.45) is 9.47. The third kappa shape index (κ3) is 3.19. The molecule has 0 bridgehead atoms. The molecule has 134 valence electrons. The number of aromatic nitrogens is 2. The molecule has 4 heteroatoms. The lowest BCUT2D eigenvalue weighted by Crippen LogP contribution is -2.31. The van der Waals surface area contributed by atoms with Gasteiger partial charge in [0, 0.05) is 19.5 Å². The molecule has 1 aromatic heterocycles. The topological polar surface area (TPSA) is 38.1 Å². The van der Waals surface area contributed by atoms with Gasteiger partial charge in [-0.25, -0.2) is 4.98 Å². The Labute approximate surface area is 150 Å². The molecule has 1 aliphatic heterocycles. The molecule has 0 unspecified atom stereocenters. The highest BCUT2D eigenvalue weighted by atomic mass is 16.2. The zero-order valence-corrected chi connectivity index (χ0v) is 15.3. The number of fused-ring (bicyclic) bond motifs is 1. The van der Waals surface area contributed by atoms with Crippen LogP contribution in [0.1, 0.15) is 70.2 Å². The highest BCUT2D eigenvalue weighted by molar-refractivity contribution is 5.78. The smallest absolute Gasteiger partial charge is 0.222 e. The van der Waals surface area contributed by atoms with Crippen LogP contribution < -0.4 is 0 Å². The number of rotatable bonds is 4. The van der Waals surface area contributed by atoms with Crippen molar-refractivity contribution in [2.45, 2.75) is 70.9 Å². The van der Waals surface area contributed by atoms with Crippen LogP contribution in [0.25, 0.3) is 11.0 Å². The fourth-order valence-corrected chi connectivity index (χ4v) is 4.71. The van der Waals surface area contributed by atoms with Gasteiger partial charge >= 0.3 is 0 Å². The zero-order chi connectivity index (χ0) is 17.2. The number of nitrogens with zero attached hydrogens (tertiary/aromatic N) is 3. The molecule has 4 rings (SSSR count). The second kappa shape index (κ2) is 7.19. The van der Waals surface area contributed by atoms with Crippen molar-refractivity contribution in [1.29, 1.82) is 0 Å². The Kier molecular flexibility index (Phi) is 4.78. The van der Waals surface area contributed by atoms with Gasteiger partial charge < -0.3 is 9.47 Å². The summed E-state index contributed by atoms with van der Waals surface area (Å²) >= 11 is 0. The van der Waals surface area contributed by atoms with Gasteiger partial charge in [0.15, 0.2) is 0 Å². The van der Waals surface area contributed by atoms with Crippen molar-refractivity contribution < 1.29 is 4.79 Å². The summed E-state index contributed by atoms with van der Waals surface area (Å²) in [5, 5.41) is 0. The number of imidazole rings is 1. The van der Waals surface area contributed by atoms with Crippen molar-refractivity contribution in [2.75, 3.05) is 6.54 Å². The molecule has 1 atom stereocenters. The maximum Gasteiger partial charge on any atom is 0.222 e. The molecule has 0 spiro atoms. The highest BCUT2D eigenvalue weighted by Gasteiger charge is 2.33. The lowest BCUT2D eigenvalue weighted by Gasteiger charge is -2.27. The van der Waals surface area contributed by atoms with Crippen LogP contribution in [0.3, 0.4) is 0 Å². The van der Waals surface area contributed by atoms with E-state index in [1.807, 2.05) is 6.92 Å². The SMILES string of the molecule is CCC(=O)N1CCC[C@H]1c1nc2ccccc2n1CC1CCCCC1.